The Balaban J connectivity index is 1.46. The van der Waals surface area contributed by atoms with Gasteiger partial charge in [0.25, 0.3) is 5.91 Å². The summed E-state index contributed by atoms with van der Waals surface area (Å²) in [6.45, 7) is 4.95. The van der Waals surface area contributed by atoms with Crippen LogP contribution in [-0.2, 0) is 0 Å². The lowest BCUT2D eigenvalue weighted by Crippen LogP contribution is -2.49. The van der Waals surface area contributed by atoms with Crippen molar-refractivity contribution in [1.82, 2.24) is 14.9 Å². The number of carbonyl (C=O) groups excluding carboxylic acids is 1. The number of hydrogen-bond donors (Lipinski definition) is 0. The number of amides is 1. The molecule has 1 aliphatic heterocycles. The van der Waals surface area contributed by atoms with Gasteiger partial charge in [-0.2, -0.15) is 11.3 Å². The molecule has 0 aromatic carbocycles. The number of thiazole rings is 1. The molecular weight excluding hydrogens is 352 g/mol. The first-order valence-corrected chi connectivity index (χ1v) is 9.93. The van der Waals surface area contributed by atoms with Crippen LogP contribution in [0.15, 0.2) is 41.2 Å². The maximum absolute atomic E-state index is 12.9. The average Bonchev–Trinajstić information content (AvgIpc) is 3.32. The van der Waals surface area contributed by atoms with Gasteiger partial charge in [0, 0.05) is 43.3 Å². The maximum atomic E-state index is 12.9. The number of pyridine rings is 1. The SMILES string of the molecule is Cc1nc(-c2ccsc2)sc1C(=O)N1CCN(c2ccccn2)CC1. The molecule has 7 heteroatoms. The summed E-state index contributed by atoms with van der Waals surface area (Å²) in [4.78, 5) is 26.8. The van der Waals surface area contributed by atoms with Crippen molar-refractivity contribution in [2.45, 2.75) is 6.92 Å². The Morgan fingerprint density at radius 2 is 2.00 bits per heavy atom. The van der Waals surface area contributed by atoms with Gasteiger partial charge >= 0.3 is 0 Å². The van der Waals surface area contributed by atoms with Crippen LogP contribution in [0.1, 0.15) is 15.4 Å². The molecule has 0 radical (unpaired) electrons. The van der Waals surface area contributed by atoms with Gasteiger partial charge in [-0.25, -0.2) is 9.97 Å². The smallest absolute Gasteiger partial charge is 0.265 e. The molecule has 1 amide bonds. The summed E-state index contributed by atoms with van der Waals surface area (Å²) < 4.78 is 0. The van der Waals surface area contributed by atoms with Crippen LogP contribution in [0.5, 0.6) is 0 Å². The quantitative estimate of drug-likeness (QED) is 0.708. The zero-order valence-electron chi connectivity index (χ0n) is 13.9. The third-order valence-electron chi connectivity index (χ3n) is 4.30. The second kappa shape index (κ2) is 6.93. The fraction of sp³-hybridized carbons (Fsp3) is 0.278. The molecule has 4 heterocycles. The van der Waals surface area contributed by atoms with Crippen molar-refractivity contribution in [3.8, 4) is 10.6 Å². The lowest BCUT2D eigenvalue weighted by atomic mass is 10.2. The predicted octanol–water partition coefficient (Wildman–Crippen LogP) is 3.54. The normalized spacial score (nSPS) is 14.8. The Bertz CT molecular complexity index is 853. The van der Waals surface area contributed by atoms with Gasteiger partial charge in [0.15, 0.2) is 0 Å². The van der Waals surface area contributed by atoms with Gasteiger partial charge < -0.3 is 9.80 Å². The lowest BCUT2D eigenvalue weighted by Gasteiger charge is -2.35. The van der Waals surface area contributed by atoms with Gasteiger partial charge in [0.1, 0.15) is 15.7 Å². The molecule has 1 aliphatic rings. The number of aromatic nitrogens is 2. The molecule has 1 saturated heterocycles. The highest BCUT2D eigenvalue weighted by atomic mass is 32.1. The molecule has 3 aromatic rings. The van der Waals surface area contributed by atoms with Crippen LogP contribution < -0.4 is 4.90 Å². The van der Waals surface area contributed by atoms with Crippen LogP contribution in [0.25, 0.3) is 10.6 Å². The standard InChI is InChI=1S/C18H18N4OS2/c1-13-16(25-17(20-13)14-5-11-24-12-14)18(23)22-9-7-21(8-10-22)15-4-2-3-6-19-15/h2-6,11-12H,7-10H2,1H3. The van der Waals surface area contributed by atoms with E-state index in [-0.39, 0.29) is 5.91 Å². The number of nitrogens with zero attached hydrogens (tertiary/aromatic N) is 4. The third kappa shape index (κ3) is 3.29. The second-order valence-electron chi connectivity index (χ2n) is 5.91. The van der Waals surface area contributed by atoms with E-state index in [1.807, 2.05) is 41.5 Å². The molecule has 0 bridgehead atoms. The minimum atomic E-state index is 0.0946. The molecule has 0 unspecified atom stereocenters. The number of carbonyl (C=O) groups is 1. The van der Waals surface area contributed by atoms with Gasteiger partial charge in [-0.15, -0.1) is 11.3 Å². The maximum Gasteiger partial charge on any atom is 0.265 e. The minimum absolute atomic E-state index is 0.0946. The van der Waals surface area contributed by atoms with E-state index in [0.29, 0.717) is 13.1 Å². The molecular formula is C18H18N4OS2. The number of anilines is 1. The summed E-state index contributed by atoms with van der Waals surface area (Å²) >= 11 is 3.14. The fourth-order valence-electron chi connectivity index (χ4n) is 2.93. The monoisotopic (exact) mass is 370 g/mol. The zero-order chi connectivity index (χ0) is 17.2. The van der Waals surface area contributed by atoms with Crippen molar-refractivity contribution >= 4 is 34.4 Å². The molecule has 1 fully saturated rings. The molecule has 3 aromatic heterocycles. The Kier molecular flexibility index (Phi) is 4.50. The van der Waals surface area contributed by atoms with E-state index in [1.165, 1.54) is 11.3 Å². The van der Waals surface area contributed by atoms with Crippen molar-refractivity contribution in [3.05, 3.63) is 51.8 Å². The van der Waals surface area contributed by atoms with Crippen molar-refractivity contribution in [3.63, 3.8) is 0 Å². The highest BCUT2D eigenvalue weighted by Crippen LogP contribution is 2.30. The Morgan fingerprint density at radius 3 is 2.68 bits per heavy atom. The van der Waals surface area contributed by atoms with Gasteiger partial charge in [0.2, 0.25) is 0 Å². The summed E-state index contributed by atoms with van der Waals surface area (Å²) in [5.41, 5.74) is 1.92. The summed E-state index contributed by atoms with van der Waals surface area (Å²) in [7, 11) is 0. The molecule has 128 valence electrons. The molecule has 0 atom stereocenters. The van der Waals surface area contributed by atoms with Crippen LogP contribution in [0.3, 0.4) is 0 Å². The number of rotatable bonds is 3. The van der Waals surface area contributed by atoms with E-state index in [4.69, 9.17) is 0 Å². The van der Waals surface area contributed by atoms with Crippen LogP contribution in [0, 0.1) is 6.92 Å². The van der Waals surface area contributed by atoms with E-state index in [2.05, 4.69) is 20.2 Å². The Hall–Kier alpha value is -2.25. The largest absolute Gasteiger partial charge is 0.353 e. The van der Waals surface area contributed by atoms with E-state index in [0.717, 1.165) is 40.0 Å². The van der Waals surface area contributed by atoms with E-state index >= 15 is 0 Å². The van der Waals surface area contributed by atoms with Crippen LogP contribution in [0.2, 0.25) is 0 Å². The van der Waals surface area contributed by atoms with E-state index < -0.39 is 0 Å². The first-order valence-electron chi connectivity index (χ1n) is 8.17. The first kappa shape index (κ1) is 16.2. The fourth-order valence-corrected chi connectivity index (χ4v) is 4.67. The Labute approximate surface area is 154 Å². The van der Waals surface area contributed by atoms with Gasteiger partial charge in [0.05, 0.1) is 5.69 Å². The molecule has 25 heavy (non-hydrogen) atoms. The van der Waals surface area contributed by atoms with Crippen molar-refractivity contribution in [1.29, 1.82) is 0 Å². The van der Waals surface area contributed by atoms with Crippen LogP contribution in [-0.4, -0.2) is 47.0 Å². The van der Waals surface area contributed by atoms with Crippen molar-refractivity contribution in [2.24, 2.45) is 0 Å². The van der Waals surface area contributed by atoms with E-state index in [1.54, 1.807) is 17.5 Å². The van der Waals surface area contributed by atoms with E-state index in [9.17, 15) is 4.79 Å². The van der Waals surface area contributed by atoms with Crippen molar-refractivity contribution < 1.29 is 4.79 Å². The predicted molar refractivity (Wildman–Crippen MR) is 103 cm³/mol. The highest BCUT2D eigenvalue weighted by molar-refractivity contribution is 7.17. The lowest BCUT2D eigenvalue weighted by molar-refractivity contribution is 0.0750. The average molecular weight is 371 g/mol. The van der Waals surface area contributed by atoms with Gasteiger partial charge in [-0.1, -0.05) is 6.07 Å². The van der Waals surface area contributed by atoms with Crippen molar-refractivity contribution in [2.75, 3.05) is 31.1 Å². The number of piperazine rings is 1. The molecule has 0 spiro atoms. The zero-order valence-corrected chi connectivity index (χ0v) is 15.5. The summed E-state index contributed by atoms with van der Waals surface area (Å²) in [5, 5.41) is 5.02. The van der Waals surface area contributed by atoms with Gasteiger partial charge in [-0.3, -0.25) is 4.79 Å². The van der Waals surface area contributed by atoms with Crippen LogP contribution >= 0.6 is 22.7 Å². The summed E-state index contributed by atoms with van der Waals surface area (Å²) in [6, 6.07) is 7.97. The Morgan fingerprint density at radius 1 is 1.16 bits per heavy atom. The summed E-state index contributed by atoms with van der Waals surface area (Å²) in [5.74, 6) is 1.07. The second-order valence-corrected chi connectivity index (χ2v) is 7.69. The molecule has 0 saturated carbocycles. The highest BCUT2D eigenvalue weighted by Gasteiger charge is 2.26. The number of thiophene rings is 1. The minimum Gasteiger partial charge on any atom is -0.353 e. The number of aryl methyl sites for hydroxylation is 1. The van der Waals surface area contributed by atoms with Crippen LogP contribution in [0.4, 0.5) is 5.82 Å². The molecule has 5 nitrogen and oxygen atoms in total. The molecule has 4 rings (SSSR count). The summed E-state index contributed by atoms with van der Waals surface area (Å²) in [6.07, 6.45) is 1.81. The number of hydrogen-bond acceptors (Lipinski definition) is 6. The topological polar surface area (TPSA) is 49.3 Å². The first-order chi connectivity index (χ1) is 12.2. The van der Waals surface area contributed by atoms with Gasteiger partial charge in [-0.05, 0) is 30.5 Å². The molecule has 0 aliphatic carbocycles. The third-order valence-corrected chi connectivity index (χ3v) is 6.18. The molecule has 0 N–H and O–H groups in total.